The summed E-state index contributed by atoms with van der Waals surface area (Å²) >= 11 is 0. The quantitative estimate of drug-likeness (QED) is 0.396. The maximum Gasteiger partial charge on any atom is 0.271 e. The van der Waals surface area contributed by atoms with Crippen LogP contribution >= 0.6 is 0 Å². The van der Waals surface area contributed by atoms with Crippen LogP contribution in [0.5, 0.6) is 17.2 Å². The predicted molar refractivity (Wildman–Crippen MR) is 82.3 cm³/mol. The summed E-state index contributed by atoms with van der Waals surface area (Å²) in [6, 6.07) is 9.74. The van der Waals surface area contributed by atoms with Gasteiger partial charge in [0.2, 0.25) is 0 Å². The number of amides is 1. The summed E-state index contributed by atoms with van der Waals surface area (Å²) < 4.78 is 0. The number of phenolic OH excluding ortho intramolecular Hbond substituents is 3. The van der Waals surface area contributed by atoms with Gasteiger partial charge in [0.05, 0.1) is 5.71 Å². The Hall–Kier alpha value is -3.02. The monoisotopic (exact) mass is 300 g/mol. The SMILES string of the molecule is CC(=NNC(=O)c1cc(O)c(O)c(O)c1)c1cccc(C)c1. The highest BCUT2D eigenvalue weighted by Crippen LogP contribution is 2.35. The molecule has 0 radical (unpaired) electrons. The Bertz CT molecular complexity index is 731. The molecule has 0 aliphatic heterocycles. The first kappa shape index (κ1) is 15.4. The molecule has 2 aromatic carbocycles. The fourth-order valence-electron chi connectivity index (χ4n) is 1.87. The Morgan fingerprint density at radius 3 is 2.27 bits per heavy atom. The molecule has 6 heteroatoms. The highest BCUT2D eigenvalue weighted by molar-refractivity contribution is 6.01. The number of aromatic hydroxyl groups is 3. The minimum Gasteiger partial charge on any atom is -0.504 e. The third kappa shape index (κ3) is 3.35. The molecule has 0 unspecified atom stereocenters. The number of benzene rings is 2. The largest absolute Gasteiger partial charge is 0.504 e. The van der Waals surface area contributed by atoms with Crippen LogP contribution in [0.4, 0.5) is 0 Å². The van der Waals surface area contributed by atoms with Gasteiger partial charge < -0.3 is 15.3 Å². The minimum atomic E-state index is -0.670. The molecule has 4 N–H and O–H groups in total. The van der Waals surface area contributed by atoms with E-state index in [9.17, 15) is 20.1 Å². The summed E-state index contributed by atoms with van der Waals surface area (Å²) in [4.78, 5) is 11.9. The molecular formula is C16H16N2O4. The molecule has 0 atom stereocenters. The first-order chi connectivity index (χ1) is 10.4. The van der Waals surface area contributed by atoms with Crippen LogP contribution in [0.15, 0.2) is 41.5 Å². The highest BCUT2D eigenvalue weighted by Gasteiger charge is 2.13. The van der Waals surface area contributed by atoms with Gasteiger partial charge in [-0.2, -0.15) is 5.10 Å². The number of nitrogens with one attached hydrogen (secondary N) is 1. The number of hydrogen-bond donors (Lipinski definition) is 4. The molecule has 1 amide bonds. The Morgan fingerprint density at radius 2 is 1.68 bits per heavy atom. The van der Waals surface area contributed by atoms with Crippen molar-refractivity contribution in [1.29, 1.82) is 0 Å². The van der Waals surface area contributed by atoms with Gasteiger partial charge in [0.15, 0.2) is 17.2 Å². The van der Waals surface area contributed by atoms with Crippen LogP contribution < -0.4 is 5.43 Å². The Labute approximate surface area is 127 Å². The van der Waals surface area contributed by atoms with Crippen LogP contribution in [0.3, 0.4) is 0 Å². The van der Waals surface area contributed by atoms with Crippen LogP contribution in [-0.4, -0.2) is 26.9 Å². The van der Waals surface area contributed by atoms with Crippen molar-refractivity contribution in [3.63, 3.8) is 0 Å². The number of hydrogen-bond acceptors (Lipinski definition) is 5. The van der Waals surface area contributed by atoms with Gasteiger partial charge >= 0.3 is 0 Å². The van der Waals surface area contributed by atoms with Crippen molar-refractivity contribution in [3.05, 3.63) is 53.1 Å². The molecule has 0 aliphatic carbocycles. The van der Waals surface area contributed by atoms with E-state index in [-0.39, 0.29) is 5.56 Å². The maximum absolute atomic E-state index is 11.9. The van der Waals surface area contributed by atoms with E-state index >= 15 is 0 Å². The van der Waals surface area contributed by atoms with E-state index in [1.165, 1.54) is 0 Å². The van der Waals surface area contributed by atoms with E-state index in [4.69, 9.17) is 0 Å². The van der Waals surface area contributed by atoms with Gasteiger partial charge in [-0.25, -0.2) is 5.43 Å². The normalized spacial score (nSPS) is 11.3. The van der Waals surface area contributed by atoms with Crippen LogP contribution in [-0.2, 0) is 0 Å². The molecule has 2 rings (SSSR count). The summed E-state index contributed by atoms with van der Waals surface area (Å²) in [6.45, 7) is 3.71. The Balaban J connectivity index is 2.17. The summed E-state index contributed by atoms with van der Waals surface area (Å²) in [6.07, 6.45) is 0. The van der Waals surface area contributed by atoms with E-state index in [0.29, 0.717) is 5.71 Å². The Morgan fingerprint density at radius 1 is 1.05 bits per heavy atom. The highest BCUT2D eigenvalue weighted by atomic mass is 16.3. The molecule has 0 aliphatic rings. The number of hydrazone groups is 1. The van der Waals surface area contributed by atoms with Crippen molar-refractivity contribution in [2.45, 2.75) is 13.8 Å². The molecule has 0 spiro atoms. The molecule has 0 saturated heterocycles. The van der Waals surface area contributed by atoms with Gasteiger partial charge in [0, 0.05) is 5.56 Å². The lowest BCUT2D eigenvalue weighted by molar-refractivity contribution is 0.0954. The second-order valence-electron chi connectivity index (χ2n) is 4.87. The predicted octanol–water partition coefficient (Wildman–Crippen LogP) is 2.27. The number of carbonyl (C=O) groups excluding carboxylic acids is 1. The second kappa shape index (κ2) is 6.17. The van der Waals surface area contributed by atoms with Crippen molar-refractivity contribution in [2.75, 3.05) is 0 Å². The van der Waals surface area contributed by atoms with Gasteiger partial charge in [-0.1, -0.05) is 29.8 Å². The first-order valence-corrected chi connectivity index (χ1v) is 6.55. The van der Waals surface area contributed by atoms with Gasteiger partial charge in [0.25, 0.3) is 5.91 Å². The van der Waals surface area contributed by atoms with Gasteiger partial charge in [-0.3, -0.25) is 4.79 Å². The average Bonchev–Trinajstić information content (AvgIpc) is 2.49. The number of carbonyl (C=O) groups is 1. The first-order valence-electron chi connectivity index (χ1n) is 6.55. The Kier molecular flexibility index (Phi) is 4.31. The lowest BCUT2D eigenvalue weighted by Crippen LogP contribution is -2.19. The summed E-state index contributed by atoms with van der Waals surface area (Å²) in [7, 11) is 0. The zero-order valence-electron chi connectivity index (χ0n) is 12.2. The molecular weight excluding hydrogens is 284 g/mol. The molecule has 0 bridgehead atoms. The number of aryl methyl sites for hydroxylation is 1. The third-order valence-corrected chi connectivity index (χ3v) is 3.09. The minimum absolute atomic E-state index is 0.0198. The van der Waals surface area contributed by atoms with Crippen LogP contribution in [0.2, 0.25) is 0 Å². The van der Waals surface area contributed by atoms with Crippen molar-refractivity contribution in [2.24, 2.45) is 5.10 Å². The second-order valence-corrected chi connectivity index (χ2v) is 4.87. The summed E-state index contributed by atoms with van der Waals surface area (Å²) in [5.41, 5.74) is 4.88. The lowest BCUT2D eigenvalue weighted by Gasteiger charge is -2.06. The topological polar surface area (TPSA) is 102 Å². The van der Waals surface area contributed by atoms with E-state index in [1.807, 2.05) is 31.2 Å². The van der Waals surface area contributed by atoms with Crippen LogP contribution in [0, 0.1) is 6.92 Å². The lowest BCUT2D eigenvalue weighted by atomic mass is 10.1. The number of rotatable bonds is 3. The van der Waals surface area contributed by atoms with Crippen molar-refractivity contribution >= 4 is 11.6 Å². The molecule has 22 heavy (non-hydrogen) atoms. The molecule has 0 aromatic heterocycles. The van der Waals surface area contributed by atoms with Gasteiger partial charge in [-0.05, 0) is 31.5 Å². The fraction of sp³-hybridized carbons (Fsp3) is 0.125. The van der Waals surface area contributed by atoms with Crippen LogP contribution in [0.1, 0.15) is 28.4 Å². The van der Waals surface area contributed by atoms with Gasteiger partial charge in [0.1, 0.15) is 0 Å². The van der Waals surface area contributed by atoms with E-state index in [2.05, 4.69) is 10.5 Å². The smallest absolute Gasteiger partial charge is 0.271 e. The maximum atomic E-state index is 11.9. The summed E-state index contributed by atoms with van der Waals surface area (Å²) in [5, 5.41) is 32.0. The van der Waals surface area contributed by atoms with E-state index < -0.39 is 23.2 Å². The standard InChI is InChI=1S/C16H16N2O4/c1-9-4-3-5-11(6-9)10(2)17-18-16(22)12-7-13(19)15(21)14(20)8-12/h3-8,19-21H,1-2H3,(H,18,22). The van der Waals surface area contributed by atoms with Gasteiger partial charge in [-0.15, -0.1) is 0 Å². The third-order valence-electron chi connectivity index (χ3n) is 3.09. The number of nitrogens with zero attached hydrogens (tertiary/aromatic N) is 1. The zero-order valence-corrected chi connectivity index (χ0v) is 12.2. The average molecular weight is 300 g/mol. The summed E-state index contributed by atoms with van der Waals surface area (Å²) in [5.74, 6) is -2.44. The van der Waals surface area contributed by atoms with Crippen LogP contribution in [0.25, 0.3) is 0 Å². The molecule has 2 aromatic rings. The van der Waals surface area contributed by atoms with Crippen molar-refractivity contribution in [3.8, 4) is 17.2 Å². The zero-order chi connectivity index (χ0) is 16.3. The molecule has 0 heterocycles. The van der Waals surface area contributed by atoms with Crippen molar-refractivity contribution < 1.29 is 20.1 Å². The molecule has 6 nitrogen and oxygen atoms in total. The number of phenols is 3. The van der Waals surface area contributed by atoms with E-state index in [0.717, 1.165) is 23.3 Å². The molecule has 114 valence electrons. The fourth-order valence-corrected chi connectivity index (χ4v) is 1.87. The molecule has 0 saturated carbocycles. The van der Waals surface area contributed by atoms with Crippen molar-refractivity contribution in [1.82, 2.24) is 5.43 Å². The molecule has 0 fully saturated rings. The van der Waals surface area contributed by atoms with E-state index in [1.54, 1.807) is 6.92 Å².